The minimum Gasteiger partial charge on any atom is -0.489 e. The van der Waals surface area contributed by atoms with Crippen LogP contribution in [0.2, 0.25) is 0 Å². The summed E-state index contributed by atoms with van der Waals surface area (Å²) in [5.41, 5.74) is 3.81. The molecule has 174 valence electrons. The van der Waals surface area contributed by atoms with Gasteiger partial charge in [-0.05, 0) is 42.8 Å². The number of ether oxygens (including phenoxy) is 1. The van der Waals surface area contributed by atoms with Crippen LogP contribution in [0.25, 0.3) is 11.5 Å². The third kappa shape index (κ3) is 3.78. The van der Waals surface area contributed by atoms with Gasteiger partial charge in [0.15, 0.2) is 11.5 Å². The Balaban J connectivity index is 1.30. The van der Waals surface area contributed by atoms with Crippen LogP contribution < -0.4 is 10.1 Å². The number of amides is 1. The number of nitrogens with one attached hydrogen (secondary N) is 1. The van der Waals surface area contributed by atoms with E-state index in [0.717, 1.165) is 16.8 Å². The molecule has 0 aliphatic carbocycles. The van der Waals surface area contributed by atoms with E-state index in [1.54, 1.807) is 39.5 Å². The largest absolute Gasteiger partial charge is 0.489 e. The summed E-state index contributed by atoms with van der Waals surface area (Å²) >= 11 is 0. The highest BCUT2D eigenvalue weighted by molar-refractivity contribution is 5.95. The lowest BCUT2D eigenvalue weighted by molar-refractivity contribution is -0.116. The molecule has 2 aromatic carbocycles. The van der Waals surface area contributed by atoms with Crippen molar-refractivity contribution in [2.24, 2.45) is 0 Å². The van der Waals surface area contributed by atoms with Crippen molar-refractivity contribution in [3.8, 4) is 11.6 Å². The highest BCUT2D eigenvalue weighted by Crippen LogP contribution is 2.40. The zero-order valence-corrected chi connectivity index (χ0v) is 18.7. The molecule has 1 aliphatic heterocycles. The lowest BCUT2D eigenvalue weighted by Gasteiger charge is -2.24. The molecule has 1 atom stereocenters. The van der Waals surface area contributed by atoms with Crippen molar-refractivity contribution in [1.82, 2.24) is 29.6 Å². The molecule has 6 rings (SSSR count). The van der Waals surface area contributed by atoms with Crippen LogP contribution in [-0.2, 0) is 11.4 Å². The Morgan fingerprint density at radius 1 is 1.09 bits per heavy atom. The van der Waals surface area contributed by atoms with E-state index < -0.39 is 0 Å². The minimum absolute atomic E-state index is 0.103. The Morgan fingerprint density at radius 3 is 2.74 bits per heavy atom. The SMILES string of the molecule is Cc1nn(-c2ccc3nncn3n2)c2c1[C@@H](c1ccc(OCc3ccccc3F)cc1)CC(=O)N2. The predicted octanol–water partition coefficient (Wildman–Crippen LogP) is 3.81. The maximum Gasteiger partial charge on any atom is 0.226 e. The summed E-state index contributed by atoms with van der Waals surface area (Å²) < 4.78 is 22.8. The zero-order chi connectivity index (χ0) is 23.9. The fraction of sp³-hybridized carbons (Fsp3) is 0.160. The molecule has 9 nitrogen and oxygen atoms in total. The second-order valence-corrected chi connectivity index (χ2v) is 8.34. The fourth-order valence-electron chi connectivity index (χ4n) is 4.40. The van der Waals surface area contributed by atoms with Gasteiger partial charge in [-0.15, -0.1) is 15.3 Å². The minimum atomic E-state index is -0.296. The van der Waals surface area contributed by atoms with Crippen molar-refractivity contribution >= 4 is 17.4 Å². The molecule has 4 heterocycles. The zero-order valence-electron chi connectivity index (χ0n) is 18.7. The molecule has 1 amide bonds. The van der Waals surface area contributed by atoms with Crippen LogP contribution in [0.1, 0.15) is 34.7 Å². The molecule has 0 fully saturated rings. The maximum absolute atomic E-state index is 13.9. The Kier molecular flexibility index (Phi) is 4.98. The molecular weight excluding hydrogens is 449 g/mol. The van der Waals surface area contributed by atoms with E-state index in [0.29, 0.717) is 35.0 Å². The van der Waals surface area contributed by atoms with Crippen molar-refractivity contribution < 1.29 is 13.9 Å². The van der Waals surface area contributed by atoms with E-state index in [9.17, 15) is 9.18 Å². The lowest BCUT2D eigenvalue weighted by atomic mass is 9.86. The number of aryl methyl sites for hydroxylation is 1. The summed E-state index contributed by atoms with van der Waals surface area (Å²) in [5, 5.41) is 20.0. The Bertz CT molecular complexity index is 1560. The number of hydrogen-bond donors (Lipinski definition) is 1. The van der Waals surface area contributed by atoms with E-state index in [2.05, 4.69) is 25.7 Å². The maximum atomic E-state index is 13.9. The molecule has 5 aromatic rings. The number of benzene rings is 2. The number of carbonyl (C=O) groups is 1. The van der Waals surface area contributed by atoms with E-state index in [4.69, 9.17) is 4.74 Å². The monoisotopic (exact) mass is 469 g/mol. The molecule has 1 N–H and O–H groups in total. The molecule has 35 heavy (non-hydrogen) atoms. The number of halogens is 1. The fourth-order valence-corrected chi connectivity index (χ4v) is 4.40. The van der Waals surface area contributed by atoms with Gasteiger partial charge in [-0.1, -0.05) is 30.3 Å². The van der Waals surface area contributed by atoms with Crippen LogP contribution in [0.4, 0.5) is 10.2 Å². The van der Waals surface area contributed by atoms with Crippen molar-refractivity contribution in [2.45, 2.75) is 25.9 Å². The molecule has 0 saturated carbocycles. The molecule has 0 bridgehead atoms. The van der Waals surface area contributed by atoms with Gasteiger partial charge in [0.25, 0.3) is 0 Å². The molecule has 10 heteroatoms. The molecule has 0 saturated heterocycles. The first-order chi connectivity index (χ1) is 17.1. The highest BCUT2D eigenvalue weighted by atomic mass is 19.1. The van der Waals surface area contributed by atoms with E-state index in [-0.39, 0.29) is 24.2 Å². The number of nitrogens with zero attached hydrogens (tertiary/aromatic N) is 6. The number of rotatable bonds is 5. The number of carbonyl (C=O) groups excluding carboxylic acids is 1. The van der Waals surface area contributed by atoms with Crippen LogP contribution in [0.3, 0.4) is 0 Å². The lowest BCUT2D eigenvalue weighted by Crippen LogP contribution is -2.25. The normalized spacial score (nSPS) is 15.1. The average molecular weight is 469 g/mol. The van der Waals surface area contributed by atoms with Crippen LogP contribution in [0.5, 0.6) is 5.75 Å². The molecule has 0 radical (unpaired) electrons. The van der Waals surface area contributed by atoms with Crippen LogP contribution >= 0.6 is 0 Å². The second-order valence-electron chi connectivity index (χ2n) is 8.34. The quantitative estimate of drug-likeness (QED) is 0.420. The molecule has 1 aliphatic rings. The van der Waals surface area contributed by atoms with Crippen molar-refractivity contribution in [3.63, 3.8) is 0 Å². The number of fused-ring (bicyclic) bond motifs is 2. The van der Waals surface area contributed by atoms with Crippen LogP contribution in [0.15, 0.2) is 67.0 Å². The van der Waals surface area contributed by atoms with Crippen molar-refractivity contribution in [3.05, 3.63) is 95.2 Å². The van der Waals surface area contributed by atoms with Gasteiger partial charge in [0.1, 0.15) is 30.3 Å². The van der Waals surface area contributed by atoms with Gasteiger partial charge >= 0.3 is 0 Å². The number of hydrogen-bond acceptors (Lipinski definition) is 6. The van der Waals surface area contributed by atoms with Crippen molar-refractivity contribution in [2.75, 3.05) is 5.32 Å². The van der Waals surface area contributed by atoms with E-state index in [1.807, 2.05) is 31.2 Å². The summed E-state index contributed by atoms with van der Waals surface area (Å²) in [5.74, 6) is 1.19. The van der Waals surface area contributed by atoms with E-state index >= 15 is 0 Å². The van der Waals surface area contributed by atoms with Crippen LogP contribution in [0, 0.1) is 12.7 Å². The first-order valence-electron chi connectivity index (χ1n) is 11.1. The van der Waals surface area contributed by atoms with Gasteiger partial charge in [-0.3, -0.25) is 4.79 Å². The van der Waals surface area contributed by atoms with Gasteiger partial charge in [0, 0.05) is 23.5 Å². The highest BCUT2D eigenvalue weighted by Gasteiger charge is 2.33. The Labute approximate surface area is 199 Å². The summed E-state index contributed by atoms with van der Waals surface area (Å²) in [6, 6.07) is 17.7. The number of anilines is 1. The van der Waals surface area contributed by atoms with Gasteiger partial charge in [-0.25, -0.2) is 4.39 Å². The standard InChI is InChI=1S/C25H20FN7O2/c1-15-24-19(16-6-8-18(9-7-16)35-13-17-4-2-3-5-20(17)26)12-23(34)28-25(24)33(30-15)22-11-10-21-29-27-14-32(21)31-22/h2-11,14,19H,12-13H2,1H3,(H,28,34)/t19-/m1/s1. The summed E-state index contributed by atoms with van der Waals surface area (Å²) in [4.78, 5) is 12.7. The van der Waals surface area contributed by atoms with Crippen molar-refractivity contribution in [1.29, 1.82) is 0 Å². The van der Waals surface area contributed by atoms with Gasteiger partial charge < -0.3 is 10.1 Å². The number of aromatic nitrogens is 6. The molecule has 0 unspecified atom stereocenters. The third-order valence-corrected chi connectivity index (χ3v) is 6.10. The molecule has 0 spiro atoms. The second kappa shape index (κ2) is 8.32. The van der Waals surface area contributed by atoms with Gasteiger partial charge in [-0.2, -0.15) is 14.3 Å². The van der Waals surface area contributed by atoms with Gasteiger partial charge in [0.05, 0.1) is 5.69 Å². The first kappa shape index (κ1) is 21.0. The first-order valence-corrected chi connectivity index (χ1v) is 11.1. The summed E-state index contributed by atoms with van der Waals surface area (Å²) in [7, 11) is 0. The summed E-state index contributed by atoms with van der Waals surface area (Å²) in [6.45, 7) is 2.06. The smallest absolute Gasteiger partial charge is 0.226 e. The molecular formula is C25H20FN7O2. The molecule has 3 aromatic heterocycles. The topological polar surface area (TPSA) is 99.2 Å². The van der Waals surface area contributed by atoms with Gasteiger partial charge in [0.2, 0.25) is 5.91 Å². The third-order valence-electron chi connectivity index (χ3n) is 6.10. The predicted molar refractivity (Wildman–Crippen MR) is 125 cm³/mol. The summed E-state index contributed by atoms with van der Waals surface area (Å²) in [6.07, 6.45) is 1.81. The van der Waals surface area contributed by atoms with E-state index in [1.165, 1.54) is 12.4 Å². The average Bonchev–Trinajstić information content (AvgIpc) is 3.47. The van der Waals surface area contributed by atoms with Crippen LogP contribution in [-0.4, -0.2) is 35.5 Å². The Hall–Kier alpha value is -4.60. The Morgan fingerprint density at radius 2 is 1.91 bits per heavy atom.